The van der Waals surface area contributed by atoms with Crippen molar-refractivity contribution in [1.29, 1.82) is 0 Å². The van der Waals surface area contributed by atoms with Crippen LogP contribution in [0.3, 0.4) is 0 Å². The molecule has 0 unspecified atom stereocenters. The van der Waals surface area contributed by atoms with E-state index in [-0.39, 0.29) is 11.2 Å². The lowest BCUT2D eigenvalue weighted by Crippen LogP contribution is -2.24. The molecule has 2 aromatic rings. The molecule has 1 fully saturated rings. The number of nitrogens with one attached hydrogen (secondary N) is 1. The number of carbonyl (C=O) groups is 1. The molecule has 25 heavy (non-hydrogen) atoms. The molecule has 0 aliphatic heterocycles. The molecule has 0 saturated heterocycles. The average Bonchev–Trinajstić information content (AvgIpc) is 2.98. The summed E-state index contributed by atoms with van der Waals surface area (Å²) in [4.78, 5) is 12.4. The number of carbonyl (C=O) groups excluding carboxylic acids is 1. The maximum absolute atomic E-state index is 12.4. The maximum atomic E-state index is 12.4. The van der Waals surface area contributed by atoms with E-state index in [4.69, 9.17) is 17.4 Å². The van der Waals surface area contributed by atoms with E-state index < -0.39 is 0 Å². The molecule has 134 valence electrons. The molecule has 1 aromatic heterocycles. The molecule has 3 rings (SSSR count). The molecule has 0 bridgehead atoms. The summed E-state index contributed by atoms with van der Waals surface area (Å²) in [5, 5.41) is 12.2. The number of rotatable bonds is 5. The molecule has 0 spiro atoms. The highest BCUT2D eigenvalue weighted by molar-refractivity contribution is 8.00. The van der Waals surface area contributed by atoms with Crippen molar-refractivity contribution < 1.29 is 4.79 Å². The smallest absolute Gasteiger partial charge is 0.237 e. The van der Waals surface area contributed by atoms with Crippen LogP contribution in [0.25, 0.3) is 0 Å². The minimum atomic E-state index is -0.346. The lowest BCUT2D eigenvalue weighted by molar-refractivity contribution is -0.115. The summed E-state index contributed by atoms with van der Waals surface area (Å²) in [7, 11) is 0. The van der Waals surface area contributed by atoms with Crippen LogP contribution in [0.4, 0.5) is 5.69 Å². The number of hydrogen-bond donors (Lipinski definition) is 2. The molecular weight excluding hydrogens is 358 g/mol. The highest BCUT2D eigenvalue weighted by Crippen LogP contribution is 2.32. The van der Waals surface area contributed by atoms with Gasteiger partial charge < -0.3 is 11.2 Å². The summed E-state index contributed by atoms with van der Waals surface area (Å²) in [6.07, 6.45) is 5.90. The van der Waals surface area contributed by atoms with Crippen LogP contribution in [0, 0.1) is 0 Å². The van der Waals surface area contributed by atoms with E-state index >= 15 is 0 Å². The zero-order valence-electron chi connectivity index (χ0n) is 14.1. The fourth-order valence-corrected chi connectivity index (χ4v) is 3.90. The Morgan fingerprint density at radius 3 is 2.64 bits per heavy atom. The van der Waals surface area contributed by atoms with E-state index in [9.17, 15) is 4.79 Å². The van der Waals surface area contributed by atoms with Crippen molar-refractivity contribution in [1.82, 2.24) is 14.9 Å². The predicted octanol–water partition coefficient (Wildman–Crippen LogP) is 3.81. The minimum Gasteiger partial charge on any atom is -0.336 e. The Morgan fingerprint density at radius 1 is 1.28 bits per heavy atom. The zero-order valence-corrected chi connectivity index (χ0v) is 15.7. The second kappa shape index (κ2) is 8.10. The summed E-state index contributed by atoms with van der Waals surface area (Å²) in [5.74, 6) is 7.26. The predicted molar refractivity (Wildman–Crippen MR) is 101 cm³/mol. The third-order valence-electron chi connectivity index (χ3n) is 4.42. The largest absolute Gasteiger partial charge is 0.336 e. The van der Waals surface area contributed by atoms with E-state index in [0.717, 1.165) is 18.7 Å². The van der Waals surface area contributed by atoms with Gasteiger partial charge in [0.15, 0.2) is 5.82 Å². The van der Waals surface area contributed by atoms with Gasteiger partial charge >= 0.3 is 0 Å². The number of nitrogen functional groups attached to an aromatic ring is 1. The van der Waals surface area contributed by atoms with Crippen LogP contribution in [-0.2, 0) is 4.79 Å². The Balaban J connectivity index is 1.62. The number of benzene rings is 1. The van der Waals surface area contributed by atoms with Gasteiger partial charge in [0, 0.05) is 16.6 Å². The van der Waals surface area contributed by atoms with Crippen molar-refractivity contribution >= 4 is 35.0 Å². The molecular formula is C17H22ClN5OS. The molecule has 6 nitrogen and oxygen atoms in total. The number of thioether (sulfide) groups is 1. The monoisotopic (exact) mass is 379 g/mol. The van der Waals surface area contributed by atoms with Gasteiger partial charge in [-0.1, -0.05) is 42.6 Å². The van der Waals surface area contributed by atoms with Crippen molar-refractivity contribution in [2.75, 3.05) is 11.2 Å². The number of hydrogen-bond acceptors (Lipinski definition) is 5. The lowest BCUT2D eigenvalue weighted by atomic mass is 9.89. The van der Waals surface area contributed by atoms with Gasteiger partial charge in [0.2, 0.25) is 11.1 Å². The van der Waals surface area contributed by atoms with Gasteiger partial charge in [0.1, 0.15) is 0 Å². The summed E-state index contributed by atoms with van der Waals surface area (Å²) in [6, 6.07) is 7.01. The first-order valence-electron chi connectivity index (χ1n) is 8.48. The Kier molecular flexibility index (Phi) is 5.86. The van der Waals surface area contributed by atoms with E-state index in [1.807, 2.05) is 6.92 Å². The summed E-state index contributed by atoms with van der Waals surface area (Å²) >= 11 is 7.16. The van der Waals surface area contributed by atoms with Crippen LogP contribution < -0.4 is 11.2 Å². The van der Waals surface area contributed by atoms with E-state index in [0.29, 0.717) is 21.8 Å². The van der Waals surface area contributed by atoms with Crippen LogP contribution in [0.15, 0.2) is 29.4 Å². The second-order valence-corrected chi connectivity index (χ2v) is 8.05. The van der Waals surface area contributed by atoms with Gasteiger partial charge in [-0.2, -0.15) is 0 Å². The van der Waals surface area contributed by atoms with Crippen molar-refractivity contribution in [3.8, 4) is 0 Å². The molecule has 8 heteroatoms. The lowest BCUT2D eigenvalue weighted by Gasteiger charge is -2.20. The standard InChI is InChI=1S/C17H22ClN5OS/c1-11(16(24)20-14-9-7-13(18)8-10-14)25-17-22-21-15(23(17)19)12-5-3-2-4-6-12/h7-12H,2-6,19H2,1H3,(H,20,24)/t11-/m0/s1. The van der Waals surface area contributed by atoms with Crippen LogP contribution in [0.2, 0.25) is 5.02 Å². The first-order chi connectivity index (χ1) is 12.0. The van der Waals surface area contributed by atoms with Gasteiger partial charge in [0.05, 0.1) is 5.25 Å². The number of aromatic nitrogens is 3. The summed E-state index contributed by atoms with van der Waals surface area (Å²) in [6.45, 7) is 1.82. The molecule has 1 aliphatic rings. The Labute approximate surface area is 156 Å². The van der Waals surface area contributed by atoms with Crippen molar-refractivity contribution in [3.05, 3.63) is 35.1 Å². The average molecular weight is 380 g/mol. The third-order valence-corrected chi connectivity index (χ3v) is 5.73. The quantitative estimate of drug-likeness (QED) is 0.609. The van der Waals surface area contributed by atoms with Crippen LogP contribution in [-0.4, -0.2) is 26.0 Å². The van der Waals surface area contributed by atoms with E-state index in [2.05, 4.69) is 15.5 Å². The van der Waals surface area contributed by atoms with Crippen LogP contribution >= 0.6 is 23.4 Å². The highest BCUT2D eigenvalue weighted by atomic mass is 35.5. The minimum absolute atomic E-state index is 0.116. The maximum Gasteiger partial charge on any atom is 0.237 e. The number of nitrogens with two attached hydrogens (primary N) is 1. The first-order valence-corrected chi connectivity index (χ1v) is 9.74. The van der Waals surface area contributed by atoms with Gasteiger partial charge in [-0.3, -0.25) is 4.79 Å². The van der Waals surface area contributed by atoms with Gasteiger partial charge in [0.25, 0.3) is 0 Å². The zero-order chi connectivity index (χ0) is 17.8. The van der Waals surface area contributed by atoms with E-state index in [1.165, 1.54) is 31.0 Å². The van der Waals surface area contributed by atoms with Gasteiger partial charge in [-0.05, 0) is 44.0 Å². The third kappa shape index (κ3) is 4.46. The van der Waals surface area contributed by atoms with Crippen molar-refractivity contribution in [2.45, 2.75) is 55.4 Å². The first kappa shape index (κ1) is 18.1. The Bertz CT molecular complexity index is 727. The van der Waals surface area contributed by atoms with Crippen molar-refractivity contribution in [2.24, 2.45) is 0 Å². The molecule has 3 N–H and O–H groups in total. The molecule has 1 atom stereocenters. The number of halogens is 1. The topological polar surface area (TPSA) is 85.8 Å². The molecule has 1 saturated carbocycles. The number of nitrogens with zero attached hydrogens (tertiary/aromatic N) is 3. The van der Waals surface area contributed by atoms with Crippen LogP contribution in [0.5, 0.6) is 0 Å². The van der Waals surface area contributed by atoms with Gasteiger partial charge in [-0.25, -0.2) is 4.68 Å². The number of amides is 1. The second-order valence-electron chi connectivity index (χ2n) is 6.30. The highest BCUT2D eigenvalue weighted by Gasteiger charge is 2.24. The fraction of sp³-hybridized carbons (Fsp3) is 0.471. The summed E-state index contributed by atoms with van der Waals surface area (Å²) in [5.41, 5.74) is 0.707. The number of anilines is 1. The SMILES string of the molecule is C[C@H](Sc1nnc(C2CCCCC2)n1N)C(=O)Nc1ccc(Cl)cc1. The van der Waals surface area contributed by atoms with E-state index in [1.54, 1.807) is 28.9 Å². The normalized spacial score (nSPS) is 16.6. The van der Waals surface area contributed by atoms with Gasteiger partial charge in [-0.15, -0.1) is 10.2 Å². The Morgan fingerprint density at radius 2 is 1.96 bits per heavy atom. The molecule has 1 aliphatic carbocycles. The molecule has 1 aromatic carbocycles. The van der Waals surface area contributed by atoms with Crippen LogP contribution in [0.1, 0.15) is 50.8 Å². The molecule has 1 heterocycles. The fourth-order valence-electron chi connectivity index (χ4n) is 3.00. The molecule has 1 amide bonds. The Hall–Kier alpha value is -1.73. The summed E-state index contributed by atoms with van der Waals surface area (Å²) < 4.78 is 1.55. The van der Waals surface area contributed by atoms with Crippen molar-refractivity contribution in [3.63, 3.8) is 0 Å². The molecule has 0 radical (unpaired) electrons.